The highest BCUT2D eigenvalue weighted by atomic mass is 15.1. The third kappa shape index (κ3) is 1.59. The summed E-state index contributed by atoms with van der Waals surface area (Å²) < 4.78 is 2.24. The molecule has 3 N–H and O–H groups in total. The van der Waals surface area contributed by atoms with Gasteiger partial charge in [0.2, 0.25) is 0 Å². The number of aromatic nitrogens is 2. The third-order valence-electron chi connectivity index (χ3n) is 2.58. The largest absolute Gasteiger partial charge is 0.330 e. The molecule has 13 heavy (non-hydrogen) atoms. The Labute approximate surface area is 78.1 Å². The van der Waals surface area contributed by atoms with Gasteiger partial charge in [-0.15, -0.1) is 0 Å². The van der Waals surface area contributed by atoms with Crippen molar-refractivity contribution < 1.29 is 0 Å². The molecule has 1 unspecified atom stereocenters. The maximum Gasteiger partial charge on any atom is 0.0951 e. The van der Waals surface area contributed by atoms with Crippen LogP contribution in [0.1, 0.15) is 30.6 Å². The Kier molecular flexibility index (Phi) is 2.33. The van der Waals surface area contributed by atoms with E-state index in [0.717, 1.165) is 0 Å². The summed E-state index contributed by atoms with van der Waals surface area (Å²) in [6.07, 6.45) is 6.38. The molecule has 0 bridgehead atoms. The molecule has 0 amide bonds. The molecular weight excluding hydrogens is 164 g/mol. The SMILES string of the molecule is CNC(CN)c1cncn1C1CC1. The molecular formula is C9H16N4. The predicted molar refractivity (Wildman–Crippen MR) is 51.4 cm³/mol. The van der Waals surface area contributed by atoms with Crippen LogP contribution in [0.15, 0.2) is 12.5 Å². The van der Waals surface area contributed by atoms with Gasteiger partial charge in [-0.1, -0.05) is 0 Å². The normalized spacial score (nSPS) is 18.9. The van der Waals surface area contributed by atoms with Crippen molar-refractivity contribution in [1.29, 1.82) is 0 Å². The summed E-state index contributed by atoms with van der Waals surface area (Å²) in [5, 5.41) is 3.19. The monoisotopic (exact) mass is 180 g/mol. The van der Waals surface area contributed by atoms with Gasteiger partial charge in [0.1, 0.15) is 0 Å². The van der Waals surface area contributed by atoms with E-state index in [-0.39, 0.29) is 6.04 Å². The zero-order valence-corrected chi connectivity index (χ0v) is 7.90. The first-order chi connectivity index (χ1) is 6.36. The van der Waals surface area contributed by atoms with Crippen LogP contribution in [0.25, 0.3) is 0 Å². The molecule has 0 spiro atoms. The molecule has 0 radical (unpaired) electrons. The van der Waals surface area contributed by atoms with Gasteiger partial charge in [0.05, 0.1) is 18.1 Å². The minimum atomic E-state index is 0.239. The smallest absolute Gasteiger partial charge is 0.0951 e. The summed E-state index contributed by atoms with van der Waals surface area (Å²) >= 11 is 0. The first-order valence-electron chi connectivity index (χ1n) is 4.76. The number of nitrogens with one attached hydrogen (secondary N) is 1. The Balaban J connectivity index is 2.21. The second-order valence-corrected chi connectivity index (χ2v) is 3.53. The number of rotatable bonds is 4. The van der Waals surface area contributed by atoms with Crippen LogP contribution in [0.4, 0.5) is 0 Å². The summed E-state index contributed by atoms with van der Waals surface area (Å²) in [7, 11) is 1.93. The fraction of sp³-hybridized carbons (Fsp3) is 0.667. The number of hydrogen-bond donors (Lipinski definition) is 2. The van der Waals surface area contributed by atoms with Gasteiger partial charge in [0.15, 0.2) is 0 Å². The van der Waals surface area contributed by atoms with E-state index in [2.05, 4.69) is 14.9 Å². The quantitative estimate of drug-likeness (QED) is 0.706. The zero-order chi connectivity index (χ0) is 9.26. The number of hydrogen-bond acceptors (Lipinski definition) is 3. The van der Waals surface area contributed by atoms with Crippen LogP contribution in [-0.2, 0) is 0 Å². The average molecular weight is 180 g/mol. The van der Waals surface area contributed by atoms with Gasteiger partial charge < -0.3 is 15.6 Å². The molecule has 0 aliphatic heterocycles. The summed E-state index contributed by atoms with van der Waals surface area (Å²) in [5.41, 5.74) is 6.88. The maximum absolute atomic E-state index is 5.66. The summed E-state index contributed by atoms with van der Waals surface area (Å²) in [6, 6.07) is 0.919. The first-order valence-corrected chi connectivity index (χ1v) is 4.76. The molecule has 2 rings (SSSR count). The van der Waals surface area contributed by atoms with E-state index in [4.69, 9.17) is 5.73 Å². The summed E-state index contributed by atoms with van der Waals surface area (Å²) in [6.45, 7) is 0.620. The Bertz CT molecular complexity index is 273. The van der Waals surface area contributed by atoms with Gasteiger partial charge in [0, 0.05) is 18.8 Å². The van der Waals surface area contributed by atoms with E-state index in [1.807, 2.05) is 19.6 Å². The highest BCUT2D eigenvalue weighted by Crippen LogP contribution is 2.36. The highest BCUT2D eigenvalue weighted by molar-refractivity contribution is 5.09. The van der Waals surface area contributed by atoms with Crippen LogP contribution in [0.3, 0.4) is 0 Å². The lowest BCUT2D eigenvalue weighted by Gasteiger charge is -2.15. The molecule has 4 heteroatoms. The Morgan fingerprint density at radius 1 is 1.77 bits per heavy atom. The van der Waals surface area contributed by atoms with Gasteiger partial charge in [0.25, 0.3) is 0 Å². The number of imidazole rings is 1. The van der Waals surface area contributed by atoms with Crippen molar-refractivity contribution in [2.24, 2.45) is 5.73 Å². The van der Waals surface area contributed by atoms with Gasteiger partial charge in [-0.3, -0.25) is 0 Å². The van der Waals surface area contributed by atoms with Crippen molar-refractivity contribution in [3.63, 3.8) is 0 Å². The van der Waals surface area contributed by atoms with E-state index in [1.165, 1.54) is 18.5 Å². The Hall–Kier alpha value is -0.870. The standard InChI is InChI=1S/C9H16N4/c1-11-8(4-10)9-5-12-6-13(9)7-2-3-7/h5-8,11H,2-4,10H2,1H3. The van der Waals surface area contributed by atoms with E-state index in [1.54, 1.807) is 0 Å². The number of nitrogens with zero attached hydrogens (tertiary/aromatic N) is 2. The Morgan fingerprint density at radius 3 is 3.08 bits per heavy atom. The van der Waals surface area contributed by atoms with E-state index < -0.39 is 0 Å². The average Bonchev–Trinajstić information content (AvgIpc) is 2.89. The molecule has 1 aromatic rings. The molecule has 1 heterocycles. The minimum absolute atomic E-state index is 0.239. The fourth-order valence-corrected chi connectivity index (χ4v) is 1.63. The van der Waals surface area contributed by atoms with Crippen molar-refractivity contribution in [3.05, 3.63) is 18.2 Å². The van der Waals surface area contributed by atoms with Crippen LogP contribution >= 0.6 is 0 Å². The zero-order valence-electron chi connectivity index (χ0n) is 7.90. The van der Waals surface area contributed by atoms with Gasteiger partial charge in [-0.2, -0.15) is 0 Å². The first kappa shape index (κ1) is 8.72. The van der Waals surface area contributed by atoms with E-state index >= 15 is 0 Å². The minimum Gasteiger partial charge on any atom is -0.330 e. The van der Waals surface area contributed by atoms with Crippen molar-refractivity contribution in [1.82, 2.24) is 14.9 Å². The molecule has 0 saturated heterocycles. The van der Waals surface area contributed by atoms with E-state index in [9.17, 15) is 0 Å². The van der Waals surface area contributed by atoms with Gasteiger partial charge in [-0.05, 0) is 19.9 Å². The highest BCUT2D eigenvalue weighted by Gasteiger charge is 2.26. The van der Waals surface area contributed by atoms with Crippen molar-refractivity contribution >= 4 is 0 Å². The molecule has 72 valence electrons. The summed E-state index contributed by atoms with van der Waals surface area (Å²) in [4.78, 5) is 4.17. The second kappa shape index (κ2) is 3.47. The maximum atomic E-state index is 5.66. The molecule has 1 aliphatic carbocycles. The molecule has 1 fully saturated rings. The van der Waals surface area contributed by atoms with Crippen LogP contribution in [0.5, 0.6) is 0 Å². The predicted octanol–water partition coefficient (Wildman–Crippen LogP) is 0.437. The Morgan fingerprint density at radius 2 is 2.54 bits per heavy atom. The lowest BCUT2D eigenvalue weighted by atomic mass is 10.2. The topological polar surface area (TPSA) is 55.9 Å². The molecule has 1 aromatic heterocycles. The molecule has 1 atom stereocenters. The third-order valence-corrected chi connectivity index (χ3v) is 2.58. The van der Waals surface area contributed by atoms with Crippen LogP contribution < -0.4 is 11.1 Å². The molecule has 0 aromatic carbocycles. The number of nitrogens with two attached hydrogens (primary N) is 1. The van der Waals surface area contributed by atoms with Crippen LogP contribution in [0, 0.1) is 0 Å². The lowest BCUT2D eigenvalue weighted by molar-refractivity contribution is 0.546. The van der Waals surface area contributed by atoms with Crippen molar-refractivity contribution in [3.8, 4) is 0 Å². The fourth-order valence-electron chi connectivity index (χ4n) is 1.63. The van der Waals surface area contributed by atoms with Gasteiger partial charge >= 0.3 is 0 Å². The second-order valence-electron chi connectivity index (χ2n) is 3.53. The van der Waals surface area contributed by atoms with E-state index in [0.29, 0.717) is 12.6 Å². The summed E-state index contributed by atoms with van der Waals surface area (Å²) in [5.74, 6) is 0. The number of likely N-dealkylation sites (N-methyl/N-ethyl adjacent to an activating group) is 1. The lowest BCUT2D eigenvalue weighted by Crippen LogP contribution is -2.26. The van der Waals surface area contributed by atoms with Crippen molar-refractivity contribution in [2.75, 3.05) is 13.6 Å². The van der Waals surface area contributed by atoms with Gasteiger partial charge in [-0.25, -0.2) is 4.98 Å². The molecule has 1 aliphatic rings. The van der Waals surface area contributed by atoms with Crippen molar-refractivity contribution in [2.45, 2.75) is 24.9 Å². The molecule has 1 saturated carbocycles. The van der Waals surface area contributed by atoms with Crippen LogP contribution in [-0.4, -0.2) is 23.1 Å². The van der Waals surface area contributed by atoms with Crippen LogP contribution in [0.2, 0.25) is 0 Å². The molecule has 4 nitrogen and oxygen atoms in total.